The summed E-state index contributed by atoms with van der Waals surface area (Å²) in [5, 5.41) is 6.34. The van der Waals surface area contributed by atoms with Gasteiger partial charge in [0.15, 0.2) is 0 Å². The zero-order valence-corrected chi connectivity index (χ0v) is 35.3. The number of fused-ring (bicyclic) bond motifs is 1. The summed E-state index contributed by atoms with van der Waals surface area (Å²) < 4.78 is 80.7. The molecule has 6 nitrogen and oxygen atoms in total. The maximum absolute atomic E-state index is 13.4. The second-order valence-corrected chi connectivity index (χ2v) is 15.5. The standard InChI is InChI=1S/C23H34F6N2.C10H22.C7H10N2OS.C2H4O/c1-3-5-9-18(31-12-6-7-13-31)11-10-16(8-4-2)17-14-19(22(24,25)26)21(30)20(15-17)23(27,28)29;1-4-6-7-9-10(3)8-5-2;1-10-8-9-3-2-6-4-11-5-7(6)9;1-2-3/h14-16,18H,3-13,30H2,1-2H3;10H,4-9H2,1-3H3;4-5,8H,2-3H2,1H3;2H,1H3. The van der Waals surface area contributed by atoms with Crippen molar-refractivity contribution < 1.29 is 36.0 Å². The average molecular weight is 809 g/mol. The number of hydrogen-bond acceptors (Lipinski definition) is 7. The Labute approximate surface area is 331 Å². The lowest BCUT2D eigenvalue weighted by molar-refractivity contribution is -0.141. The van der Waals surface area contributed by atoms with Crippen molar-refractivity contribution in [3.05, 3.63) is 45.1 Å². The van der Waals surface area contributed by atoms with E-state index in [1.54, 1.807) is 18.4 Å². The van der Waals surface area contributed by atoms with Gasteiger partial charge in [-0.15, -0.1) is 16.9 Å². The van der Waals surface area contributed by atoms with E-state index in [2.05, 4.69) is 48.9 Å². The summed E-state index contributed by atoms with van der Waals surface area (Å²) in [5.74, 6) is 0.607. The highest BCUT2D eigenvalue weighted by Crippen LogP contribution is 2.44. The number of hydrazine groups is 1. The fourth-order valence-corrected chi connectivity index (χ4v) is 8.21. The molecule has 318 valence electrons. The van der Waals surface area contributed by atoms with Crippen LogP contribution in [0.15, 0.2) is 22.9 Å². The monoisotopic (exact) mass is 809 g/mol. The topological polar surface area (TPSA) is 70.8 Å². The molecule has 55 heavy (non-hydrogen) atoms. The number of carbonyl (C=O) groups is 1. The summed E-state index contributed by atoms with van der Waals surface area (Å²) in [6.45, 7) is 15.4. The molecule has 3 atom stereocenters. The first kappa shape index (κ1) is 50.7. The molecule has 0 spiro atoms. The number of carbonyl (C=O) groups excluding carboxylic acids is 1. The van der Waals surface area contributed by atoms with E-state index in [0.29, 0.717) is 25.3 Å². The van der Waals surface area contributed by atoms with E-state index in [1.807, 2.05) is 11.9 Å². The molecule has 13 heteroatoms. The lowest BCUT2D eigenvalue weighted by Crippen LogP contribution is -2.35. The molecule has 2 aromatic rings. The number of nitrogens with two attached hydrogens (primary N) is 1. The van der Waals surface area contributed by atoms with E-state index in [0.717, 1.165) is 88.9 Å². The molecule has 0 saturated carbocycles. The molecule has 1 aromatic carbocycles. The molecule has 0 aliphatic carbocycles. The predicted octanol–water partition coefficient (Wildman–Crippen LogP) is 13.0. The molecule has 0 bridgehead atoms. The SMILES string of the molecule is CC=O.CCCCC(CCC(CCC)c1cc(C(F)(F)F)c(N)c(C(F)(F)F)c1)N1CCCC1.CCCCCC(C)CCC.CONN1CCc2cscc21. The van der Waals surface area contributed by atoms with Crippen molar-refractivity contribution in [2.45, 2.75) is 169 Å². The minimum Gasteiger partial charge on any atom is -0.398 e. The fraction of sp³-hybridized carbons (Fsp3) is 0.738. The Balaban J connectivity index is 0.000000507. The van der Waals surface area contributed by atoms with Gasteiger partial charge in [0, 0.05) is 18.0 Å². The van der Waals surface area contributed by atoms with Crippen LogP contribution in [0.4, 0.5) is 37.7 Å². The fourth-order valence-electron chi connectivity index (χ4n) is 7.33. The van der Waals surface area contributed by atoms with Gasteiger partial charge < -0.3 is 15.4 Å². The molecule has 0 amide bonds. The quantitative estimate of drug-likeness (QED) is 0.0514. The zero-order chi connectivity index (χ0) is 41.4. The van der Waals surface area contributed by atoms with E-state index in [4.69, 9.17) is 15.4 Å². The molecular weight excluding hydrogens is 739 g/mol. The third-order valence-corrected chi connectivity index (χ3v) is 11.0. The van der Waals surface area contributed by atoms with Crippen LogP contribution in [0.2, 0.25) is 0 Å². The van der Waals surface area contributed by atoms with Crippen LogP contribution >= 0.6 is 11.3 Å². The number of alkyl halides is 6. The molecular formula is C42H70F6N4O2S. The van der Waals surface area contributed by atoms with Crippen LogP contribution in [0.3, 0.4) is 0 Å². The Hall–Kier alpha value is -2.35. The molecule has 3 heterocycles. The van der Waals surface area contributed by atoms with Crippen LogP contribution in [-0.4, -0.2) is 44.0 Å². The summed E-state index contributed by atoms with van der Waals surface area (Å²) in [4.78, 5) is 16.1. The normalized spacial score (nSPS) is 15.8. The van der Waals surface area contributed by atoms with Gasteiger partial charge in [-0.1, -0.05) is 92.4 Å². The highest BCUT2D eigenvalue weighted by atomic mass is 32.1. The number of unbranched alkanes of at least 4 members (excludes halogenated alkanes) is 3. The molecule has 1 fully saturated rings. The number of benzene rings is 1. The van der Waals surface area contributed by atoms with Crippen molar-refractivity contribution in [2.24, 2.45) is 5.92 Å². The van der Waals surface area contributed by atoms with Gasteiger partial charge in [0.1, 0.15) is 6.29 Å². The number of nitrogens with zero attached hydrogens (tertiary/aromatic N) is 2. The number of aldehydes is 1. The maximum atomic E-state index is 13.4. The van der Waals surface area contributed by atoms with Gasteiger partial charge in [0.05, 0.1) is 29.6 Å². The molecule has 1 saturated heterocycles. The van der Waals surface area contributed by atoms with Gasteiger partial charge in [-0.25, -0.2) is 0 Å². The lowest BCUT2D eigenvalue weighted by Gasteiger charge is -2.30. The molecule has 3 unspecified atom stereocenters. The van der Waals surface area contributed by atoms with Crippen LogP contribution in [0.25, 0.3) is 0 Å². The molecule has 2 aliphatic rings. The minimum absolute atomic E-state index is 0.0892. The van der Waals surface area contributed by atoms with Crippen molar-refractivity contribution in [1.29, 1.82) is 0 Å². The first-order valence-corrected chi connectivity index (χ1v) is 21.4. The largest absolute Gasteiger partial charge is 0.418 e. The number of anilines is 2. The number of nitrogens with one attached hydrogen (secondary N) is 1. The number of nitrogen functional groups attached to an aromatic ring is 1. The van der Waals surface area contributed by atoms with E-state index >= 15 is 0 Å². The van der Waals surface area contributed by atoms with Gasteiger partial charge in [-0.3, -0.25) is 9.85 Å². The second kappa shape index (κ2) is 27.3. The zero-order valence-electron chi connectivity index (χ0n) is 34.5. The molecule has 4 rings (SSSR count). The number of likely N-dealkylation sites (tertiary alicyclic amines) is 1. The van der Waals surface area contributed by atoms with Crippen molar-refractivity contribution >= 4 is 29.0 Å². The third-order valence-electron chi connectivity index (χ3n) is 10.2. The Morgan fingerprint density at radius 2 is 1.40 bits per heavy atom. The molecule has 3 N–H and O–H groups in total. The van der Waals surface area contributed by atoms with E-state index in [9.17, 15) is 26.3 Å². The number of rotatable bonds is 18. The summed E-state index contributed by atoms with van der Waals surface area (Å²) in [7, 11) is 1.63. The van der Waals surface area contributed by atoms with Gasteiger partial charge in [-0.2, -0.15) is 26.3 Å². The molecule has 1 aromatic heterocycles. The van der Waals surface area contributed by atoms with Gasteiger partial charge >= 0.3 is 12.4 Å². The minimum atomic E-state index is -4.93. The Morgan fingerprint density at radius 1 is 0.818 bits per heavy atom. The van der Waals surface area contributed by atoms with Crippen molar-refractivity contribution in [2.75, 3.05) is 37.5 Å². The second-order valence-electron chi connectivity index (χ2n) is 14.7. The van der Waals surface area contributed by atoms with Crippen LogP contribution in [0.1, 0.15) is 166 Å². The first-order valence-electron chi connectivity index (χ1n) is 20.5. The Morgan fingerprint density at radius 3 is 1.91 bits per heavy atom. The smallest absolute Gasteiger partial charge is 0.398 e. The Kier molecular flexibility index (Phi) is 25.2. The highest BCUT2D eigenvalue weighted by Gasteiger charge is 2.41. The average Bonchev–Trinajstić information content (AvgIpc) is 3.90. The lowest BCUT2D eigenvalue weighted by atomic mass is 9.85. The van der Waals surface area contributed by atoms with Crippen LogP contribution < -0.4 is 16.3 Å². The van der Waals surface area contributed by atoms with E-state index in [1.165, 1.54) is 56.7 Å². The van der Waals surface area contributed by atoms with Crippen molar-refractivity contribution in [3.8, 4) is 0 Å². The van der Waals surface area contributed by atoms with E-state index in [-0.39, 0.29) is 11.5 Å². The molecule has 0 radical (unpaired) electrons. The highest BCUT2D eigenvalue weighted by molar-refractivity contribution is 7.08. The Bertz CT molecular complexity index is 1260. The predicted molar refractivity (Wildman–Crippen MR) is 217 cm³/mol. The first-order chi connectivity index (χ1) is 26.1. The number of hydrogen-bond donors (Lipinski definition) is 2. The van der Waals surface area contributed by atoms with E-state index < -0.39 is 29.2 Å². The van der Waals surface area contributed by atoms with Gasteiger partial charge in [0.2, 0.25) is 0 Å². The number of halogens is 6. The summed E-state index contributed by atoms with van der Waals surface area (Å²) >= 11 is 1.73. The number of thiophene rings is 1. The van der Waals surface area contributed by atoms with Crippen LogP contribution in [0.5, 0.6) is 0 Å². The van der Waals surface area contributed by atoms with Gasteiger partial charge in [-0.05, 0) is 105 Å². The third kappa shape index (κ3) is 18.6. The summed E-state index contributed by atoms with van der Waals surface area (Å²) in [6.07, 6.45) is 8.44. The summed E-state index contributed by atoms with van der Waals surface area (Å²) in [5.41, 5.74) is 6.89. The molecule has 2 aliphatic heterocycles. The maximum Gasteiger partial charge on any atom is 0.418 e. The van der Waals surface area contributed by atoms with Crippen LogP contribution in [0, 0.1) is 5.92 Å². The van der Waals surface area contributed by atoms with Crippen molar-refractivity contribution in [3.63, 3.8) is 0 Å². The van der Waals surface area contributed by atoms with Crippen molar-refractivity contribution in [1.82, 2.24) is 10.5 Å². The van der Waals surface area contributed by atoms with Crippen LogP contribution in [-0.2, 0) is 28.4 Å². The summed E-state index contributed by atoms with van der Waals surface area (Å²) in [6, 6.07) is 2.00. The van der Waals surface area contributed by atoms with Gasteiger partial charge in [0.25, 0.3) is 0 Å².